The zero-order valence-corrected chi connectivity index (χ0v) is 26.5. The zero-order valence-electron chi connectivity index (χ0n) is 24.7. The van der Waals surface area contributed by atoms with Crippen molar-refractivity contribution >= 4 is 40.0 Å². The van der Waals surface area contributed by atoms with Crippen LogP contribution in [0.25, 0.3) is 21.9 Å². The minimum absolute atomic E-state index is 0.365. The lowest BCUT2D eigenvalue weighted by Crippen LogP contribution is -2.38. The molecule has 1 aliphatic rings. The summed E-state index contributed by atoms with van der Waals surface area (Å²) >= 11 is 0. The number of hydrogen-bond donors (Lipinski definition) is 0. The van der Waals surface area contributed by atoms with Gasteiger partial charge < -0.3 is 9.30 Å². The van der Waals surface area contributed by atoms with Crippen molar-refractivity contribution in [1.29, 1.82) is 5.26 Å². The molecule has 2 heterocycles. The van der Waals surface area contributed by atoms with Crippen LogP contribution in [0.3, 0.4) is 0 Å². The number of nitriles is 1. The molecule has 1 atom stereocenters. The molecule has 0 saturated heterocycles. The predicted molar refractivity (Wildman–Crippen MR) is 168 cm³/mol. The van der Waals surface area contributed by atoms with Crippen LogP contribution in [0.15, 0.2) is 66.4 Å². The Morgan fingerprint density at radius 1 is 1.15 bits per heavy atom. The summed E-state index contributed by atoms with van der Waals surface area (Å²) in [6.45, 7) is 13.7. The first-order valence-corrected chi connectivity index (χ1v) is 19.2. The average molecular weight is 587 g/mol. The molecule has 2 aromatic carbocycles. The molecule has 1 unspecified atom stereocenters. The second-order valence-corrected chi connectivity index (χ2v) is 20.4. The Kier molecular flexibility index (Phi) is 7.62. The minimum Gasteiger partial charge on any atom is -0.361 e. The molecule has 0 bridgehead atoms. The van der Waals surface area contributed by atoms with Gasteiger partial charge in [0.1, 0.15) is 17.3 Å². The quantitative estimate of drug-likeness (QED) is 0.157. The van der Waals surface area contributed by atoms with Gasteiger partial charge in [0.2, 0.25) is 10.0 Å². The Morgan fingerprint density at radius 2 is 1.93 bits per heavy atom. The zero-order chi connectivity index (χ0) is 29.6. The van der Waals surface area contributed by atoms with E-state index in [0.717, 1.165) is 45.0 Å². The van der Waals surface area contributed by atoms with Crippen molar-refractivity contribution < 1.29 is 13.2 Å². The van der Waals surface area contributed by atoms with E-state index in [4.69, 9.17) is 9.72 Å². The van der Waals surface area contributed by atoms with E-state index in [0.29, 0.717) is 37.3 Å². The van der Waals surface area contributed by atoms with E-state index < -0.39 is 22.8 Å². The summed E-state index contributed by atoms with van der Waals surface area (Å²) in [5.41, 5.74) is 5.75. The molecule has 5 rings (SSSR count). The summed E-state index contributed by atoms with van der Waals surface area (Å²) in [4.78, 5) is 4.92. The Labute approximate surface area is 243 Å². The number of aryl methyl sites for hydroxylation is 1. The summed E-state index contributed by atoms with van der Waals surface area (Å²) in [7, 11) is -4.97. The van der Waals surface area contributed by atoms with E-state index in [-0.39, 0.29) is 0 Å². The van der Waals surface area contributed by atoms with Gasteiger partial charge in [0.25, 0.3) is 0 Å². The molecular weight excluding hydrogens is 549 g/mol. The highest BCUT2D eigenvalue weighted by molar-refractivity contribution is 7.91. The predicted octanol–water partition coefficient (Wildman–Crippen LogP) is 6.92. The average Bonchev–Trinajstić information content (AvgIpc) is 3.50. The van der Waals surface area contributed by atoms with Gasteiger partial charge in [0.05, 0.1) is 28.2 Å². The molecule has 2 aromatic heterocycles. The van der Waals surface area contributed by atoms with Gasteiger partial charge in [-0.2, -0.15) is 5.26 Å². The van der Waals surface area contributed by atoms with Crippen molar-refractivity contribution in [2.75, 3.05) is 6.61 Å². The number of imidazole rings is 1. The first kappa shape index (κ1) is 29.1. The topological polar surface area (TPSA) is 89.9 Å². The second kappa shape index (κ2) is 10.7. The highest BCUT2D eigenvalue weighted by Crippen LogP contribution is 2.35. The van der Waals surface area contributed by atoms with Crippen molar-refractivity contribution in [2.45, 2.75) is 70.8 Å². The Hall–Kier alpha value is -3.45. The maximum atomic E-state index is 14.0. The van der Waals surface area contributed by atoms with Crippen LogP contribution in [0.4, 0.5) is 0 Å². The number of nitrogens with zero attached hydrogens (tertiary/aromatic N) is 4. The summed E-state index contributed by atoms with van der Waals surface area (Å²) in [5, 5.41) is 10.3. The molecule has 0 radical (unpaired) electrons. The number of rotatable bonds is 9. The van der Waals surface area contributed by atoms with E-state index in [1.807, 2.05) is 50.3 Å². The third-order valence-electron chi connectivity index (χ3n) is 7.91. The smallest absolute Gasteiger partial charge is 0.248 e. The molecule has 0 N–H and O–H groups in total. The van der Waals surface area contributed by atoms with Gasteiger partial charge in [-0.05, 0) is 68.6 Å². The molecule has 1 aliphatic carbocycles. The molecule has 9 heteroatoms. The molecular formula is C32H38N4O3SSi. The van der Waals surface area contributed by atoms with E-state index in [1.165, 1.54) is 3.97 Å². The fourth-order valence-corrected chi connectivity index (χ4v) is 8.06. The number of aromatic nitrogens is 3. The maximum Gasteiger partial charge on any atom is 0.248 e. The normalized spacial score (nSPS) is 17.7. The lowest BCUT2D eigenvalue weighted by atomic mass is 9.98. The van der Waals surface area contributed by atoms with Crippen molar-refractivity contribution in [3.05, 3.63) is 88.9 Å². The number of hydrogen-bond acceptors (Lipinski definition) is 5. The molecule has 0 aliphatic heterocycles. The fraction of sp³-hybridized carbons (Fsp3) is 0.375. The fourth-order valence-electron chi connectivity index (χ4n) is 5.51. The van der Waals surface area contributed by atoms with E-state index >= 15 is 0 Å². The van der Waals surface area contributed by atoms with Gasteiger partial charge in [0.15, 0.2) is 0 Å². The largest absolute Gasteiger partial charge is 0.361 e. The first-order chi connectivity index (χ1) is 19.3. The summed E-state index contributed by atoms with van der Waals surface area (Å²) in [6.07, 6.45) is 8.36. The second-order valence-electron chi connectivity index (χ2n) is 12.5. The Morgan fingerprint density at radius 3 is 2.63 bits per heavy atom. The highest BCUT2D eigenvalue weighted by atomic mass is 32.2. The molecule has 214 valence electrons. The first-order valence-electron chi connectivity index (χ1n) is 14.0. The number of benzene rings is 2. The Balaban J connectivity index is 1.55. The van der Waals surface area contributed by atoms with Gasteiger partial charge >= 0.3 is 0 Å². The monoisotopic (exact) mass is 586 g/mol. The van der Waals surface area contributed by atoms with Crippen molar-refractivity contribution in [3.63, 3.8) is 0 Å². The molecule has 0 saturated carbocycles. The van der Waals surface area contributed by atoms with Crippen LogP contribution in [0, 0.1) is 18.3 Å². The van der Waals surface area contributed by atoms with Crippen LogP contribution in [-0.4, -0.2) is 41.4 Å². The van der Waals surface area contributed by atoms with Gasteiger partial charge in [-0.25, -0.2) is 17.4 Å². The van der Waals surface area contributed by atoms with Crippen molar-refractivity contribution in [3.8, 4) is 6.07 Å². The van der Waals surface area contributed by atoms with Crippen LogP contribution in [0.5, 0.6) is 0 Å². The van der Waals surface area contributed by atoms with Crippen LogP contribution in [0.2, 0.25) is 25.7 Å². The van der Waals surface area contributed by atoms with Crippen LogP contribution in [-0.2, 0) is 27.9 Å². The third-order valence-corrected chi connectivity index (χ3v) is 11.9. The molecule has 0 spiro atoms. The van der Waals surface area contributed by atoms with Crippen LogP contribution < -0.4 is 0 Å². The van der Waals surface area contributed by atoms with Crippen molar-refractivity contribution in [2.24, 2.45) is 0 Å². The number of allylic oxidation sites excluding steroid dienone is 3. The summed E-state index contributed by atoms with van der Waals surface area (Å²) < 4.78 is 36.7. The molecule has 4 aromatic rings. The van der Waals surface area contributed by atoms with Crippen LogP contribution in [0.1, 0.15) is 42.8 Å². The van der Waals surface area contributed by atoms with Gasteiger partial charge in [-0.15, -0.1) is 0 Å². The summed E-state index contributed by atoms with van der Waals surface area (Å²) in [5.74, 6) is 0.812. The Bertz CT molecular complexity index is 1850. The lowest BCUT2D eigenvalue weighted by molar-refractivity contribution is 0.0881. The molecule has 0 amide bonds. The standard InChI is InChI=1S/C32H38N4O3SSi/c1-23-8-7-14-32(3,20-23)40(37,38)36-15-13-27-26(11-9-24(2)31(27)36)19-30-34-28-18-25(21-33)10-12-29(28)35(30)22-39-16-17-41(4,5)6/h7-13,15,18,20H,14,16-17,19,22H2,1-6H3. The van der Waals surface area contributed by atoms with Gasteiger partial charge in [-0.3, -0.25) is 0 Å². The van der Waals surface area contributed by atoms with Crippen molar-refractivity contribution in [1.82, 2.24) is 13.5 Å². The lowest BCUT2D eigenvalue weighted by Gasteiger charge is -2.28. The minimum atomic E-state index is -3.73. The number of ether oxygens (including phenoxy) is 1. The van der Waals surface area contributed by atoms with Gasteiger partial charge in [-0.1, -0.05) is 55.6 Å². The molecule has 41 heavy (non-hydrogen) atoms. The SMILES string of the molecule is CC1=CC(C)(S(=O)(=O)n2ccc3c(Cc4nc5cc(C#N)ccc5n4COCC[Si](C)(C)C)ccc(C)c32)CC=C1. The van der Waals surface area contributed by atoms with Crippen LogP contribution >= 0.6 is 0 Å². The number of fused-ring (bicyclic) bond motifs is 2. The third kappa shape index (κ3) is 5.56. The molecule has 7 nitrogen and oxygen atoms in total. The highest BCUT2D eigenvalue weighted by Gasteiger charge is 2.39. The van der Waals surface area contributed by atoms with E-state index in [1.54, 1.807) is 25.3 Å². The van der Waals surface area contributed by atoms with Gasteiger partial charge in [0, 0.05) is 32.7 Å². The van der Waals surface area contributed by atoms with E-state index in [2.05, 4.69) is 36.3 Å². The summed E-state index contributed by atoms with van der Waals surface area (Å²) in [6, 6.07) is 14.7. The van der Waals surface area contributed by atoms with E-state index in [9.17, 15) is 13.7 Å². The molecule has 0 fully saturated rings. The maximum absolute atomic E-state index is 14.0.